The van der Waals surface area contributed by atoms with E-state index < -0.39 is 0 Å². The maximum atomic E-state index is 12.1. The summed E-state index contributed by atoms with van der Waals surface area (Å²) in [5, 5.41) is 2.95. The van der Waals surface area contributed by atoms with Crippen LogP contribution in [0.3, 0.4) is 0 Å². The molecule has 0 atom stereocenters. The first kappa shape index (κ1) is 18.2. The summed E-state index contributed by atoms with van der Waals surface area (Å²) in [4.78, 5) is 25.9. The second kappa shape index (κ2) is 9.18. The molecule has 1 aliphatic rings. The van der Waals surface area contributed by atoms with Gasteiger partial charge in [0.25, 0.3) is 0 Å². The van der Waals surface area contributed by atoms with Crippen LogP contribution < -0.4 is 5.32 Å². The zero-order chi connectivity index (χ0) is 18.2. The molecule has 0 spiro atoms. The molecule has 0 aromatic heterocycles. The Balaban J connectivity index is 1.45. The number of amides is 2. The van der Waals surface area contributed by atoms with Gasteiger partial charge in [-0.2, -0.15) is 0 Å². The van der Waals surface area contributed by atoms with Gasteiger partial charge in [-0.25, -0.2) is 0 Å². The van der Waals surface area contributed by atoms with E-state index in [1.54, 1.807) is 0 Å². The Labute approximate surface area is 155 Å². The van der Waals surface area contributed by atoms with Crippen molar-refractivity contribution in [2.75, 3.05) is 13.1 Å². The lowest BCUT2D eigenvalue weighted by atomic mass is 10.0. The van der Waals surface area contributed by atoms with Crippen LogP contribution in [0.4, 0.5) is 0 Å². The average molecular weight is 350 g/mol. The van der Waals surface area contributed by atoms with Gasteiger partial charge in [0, 0.05) is 32.5 Å². The summed E-state index contributed by atoms with van der Waals surface area (Å²) in [6.07, 6.45) is 4.11. The van der Waals surface area contributed by atoms with Crippen molar-refractivity contribution in [1.29, 1.82) is 0 Å². The number of hydrogen-bond acceptors (Lipinski definition) is 2. The van der Waals surface area contributed by atoms with E-state index in [0.29, 0.717) is 25.9 Å². The highest BCUT2D eigenvalue weighted by Crippen LogP contribution is 2.19. The molecule has 0 bridgehead atoms. The predicted octanol–water partition coefficient (Wildman–Crippen LogP) is 3.76. The van der Waals surface area contributed by atoms with Gasteiger partial charge >= 0.3 is 0 Å². The number of likely N-dealkylation sites (tertiary alicyclic amines) is 1. The third-order valence-electron chi connectivity index (χ3n) is 4.83. The maximum Gasteiger partial charge on any atom is 0.222 e. The quantitative estimate of drug-likeness (QED) is 0.862. The first-order valence-corrected chi connectivity index (χ1v) is 9.41. The summed E-state index contributed by atoms with van der Waals surface area (Å²) in [7, 11) is 0. The smallest absolute Gasteiger partial charge is 0.222 e. The van der Waals surface area contributed by atoms with Gasteiger partial charge < -0.3 is 10.2 Å². The highest BCUT2D eigenvalue weighted by molar-refractivity contribution is 5.79. The van der Waals surface area contributed by atoms with Crippen molar-refractivity contribution in [3.63, 3.8) is 0 Å². The molecule has 1 saturated heterocycles. The van der Waals surface area contributed by atoms with Crippen molar-refractivity contribution in [3.8, 4) is 11.1 Å². The minimum Gasteiger partial charge on any atom is -0.352 e. The van der Waals surface area contributed by atoms with Gasteiger partial charge in [0.1, 0.15) is 0 Å². The van der Waals surface area contributed by atoms with E-state index in [1.807, 2.05) is 35.2 Å². The molecule has 0 aliphatic carbocycles. The second-order valence-electron chi connectivity index (χ2n) is 6.78. The van der Waals surface area contributed by atoms with E-state index >= 15 is 0 Å². The average Bonchev–Trinajstić information content (AvgIpc) is 2.90. The van der Waals surface area contributed by atoms with E-state index in [2.05, 4.69) is 29.6 Å². The monoisotopic (exact) mass is 350 g/mol. The fourth-order valence-electron chi connectivity index (χ4n) is 3.25. The van der Waals surface area contributed by atoms with Crippen LogP contribution in [0.2, 0.25) is 0 Å². The van der Waals surface area contributed by atoms with E-state index in [4.69, 9.17) is 0 Å². The topological polar surface area (TPSA) is 49.4 Å². The Morgan fingerprint density at radius 2 is 1.65 bits per heavy atom. The molecule has 2 amide bonds. The fourth-order valence-corrected chi connectivity index (χ4v) is 3.25. The van der Waals surface area contributed by atoms with Crippen molar-refractivity contribution in [1.82, 2.24) is 10.2 Å². The summed E-state index contributed by atoms with van der Waals surface area (Å²) in [5.74, 6) is 0.181. The third-order valence-corrected chi connectivity index (χ3v) is 4.83. The molecule has 136 valence electrons. The van der Waals surface area contributed by atoms with Gasteiger partial charge in [-0.1, -0.05) is 61.0 Å². The third kappa shape index (κ3) is 5.19. The van der Waals surface area contributed by atoms with Crippen LogP contribution in [0.25, 0.3) is 11.1 Å². The van der Waals surface area contributed by atoms with Crippen molar-refractivity contribution in [3.05, 3.63) is 60.2 Å². The van der Waals surface area contributed by atoms with Crippen LogP contribution in [0.5, 0.6) is 0 Å². The maximum absolute atomic E-state index is 12.1. The van der Waals surface area contributed by atoms with Gasteiger partial charge in [0.05, 0.1) is 0 Å². The van der Waals surface area contributed by atoms with Gasteiger partial charge in [-0.15, -0.1) is 0 Å². The Morgan fingerprint density at radius 1 is 0.923 bits per heavy atom. The lowest BCUT2D eigenvalue weighted by Gasteiger charge is -2.20. The van der Waals surface area contributed by atoms with Crippen molar-refractivity contribution in [2.45, 2.75) is 38.6 Å². The normalized spacial score (nSPS) is 14.8. The zero-order valence-corrected chi connectivity index (χ0v) is 15.1. The van der Waals surface area contributed by atoms with Crippen molar-refractivity contribution in [2.24, 2.45) is 0 Å². The minimum atomic E-state index is -0.00539. The molecule has 2 aromatic rings. The molecule has 0 saturated carbocycles. The number of carbonyl (C=O) groups excluding carboxylic acids is 2. The molecule has 1 heterocycles. The van der Waals surface area contributed by atoms with E-state index in [0.717, 1.165) is 31.4 Å². The number of hydrogen-bond donors (Lipinski definition) is 1. The molecular formula is C22H26N2O2. The molecular weight excluding hydrogens is 324 g/mol. The van der Waals surface area contributed by atoms with Crippen molar-refractivity contribution < 1.29 is 9.59 Å². The van der Waals surface area contributed by atoms with Crippen LogP contribution in [0.1, 0.15) is 37.7 Å². The van der Waals surface area contributed by atoms with Crippen LogP contribution in [0, 0.1) is 0 Å². The molecule has 2 aromatic carbocycles. The molecule has 1 aliphatic heterocycles. The molecule has 3 rings (SSSR count). The summed E-state index contributed by atoms with van der Waals surface area (Å²) in [5.41, 5.74) is 3.43. The minimum absolute atomic E-state index is 0.00539. The molecule has 1 N–H and O–H groups in total. The lowest BCUT2D eigenvalue weighted by molar-refractivity contribution is -0.131. The van der Waals surface area contributed by atoms with Crippen molar-refractivity contribution >= 4 is 11.8 Å². The van der Waals surface area contributed by atoms with Gasteiger partial charge in [-0.3, -0.25) is 9.59 Å². The number of carbonyl (C=O) groups is 2. The van der Waals surface area contributed by atoms with Crippen LogP contribution >= 0.6 is 0 Å². The Hall–Kier alpha value is -2.62. The zero-order valence-electron chi connectivity index (χ0n) is 15.1. The number of nitrogens with one attached hydrogen (secondary N) is 1. The fraction of sp³-hybridized carbons (Fsp3) is 0.364. The second-order valence-corrected chi connectivity index (χ2v) is 6.78. The van der Waals surface area contributed by atoms with Crippen LogP contribution in [0.15, 0.2) is 54.6 Å². The SMILES string of the molecule is O=C(CCN1CCCCCC1=O)NCc1ccc(-c2ccccc2)cc1. The summed E-state index contributed by atoms with van der Waals surface area (Å²) in [6, 6.07) is 18.5. The molecule has 26 heavy (non-hydrogen) atoms. The van der Waals surface area contributed by atoms with Gasteiger partial charge in [-0.05, 0) is 29.5 Å². The van der Waals surface area contributed by atoms with Crippen LogP contribution in [-0.2, 0) is 16.1 Å². The molecule has 1 fully saturated rings. The summed E-state index contributed by atoms with van der Waals surface area (Å²) in [6.45, 7) is 1.83. The molecule has 4 nitrogen and oxygen atoms in total. The molecule has 0 unspecified atom stereocenters. The van der Waals surface area contributed by atoms with Gasteiger partial charge in [0.15, 0.2) is 0 Å². The van der Waals surface area contributed by atoms with E-state index in [9.17, 15) is 9.59 Å². The van der Waals surface area contributed by atoms with E-state index in [-0.39, 0.29) is 11.8 Å². The standard InChI is InChI=1S/C22H26N2O2/c25-21(14-16-24-15-6-2-5-9-22(24)26)23-17-18-10-12-20(13-11-18)19-7-3-1-4-8-19/h1,3-4,7-8,10-13H,2,5-6,9,14-17H2,(H,23,25). The number of benzene rings is 2. The van der Waals surface area contributed by atoms with Crippen LogP contribution in [-0.4, -0.2) is 29.8 Å². The Morgan fingerprint density at radius 3 is 2.42 bits per heavy atom. The highest BCUT2D eigenvalue weighted by atomic mass is 16.2. The first-order chi connectivity index (χ1) is 12.7. The predicted molar refractivity (Wildman–Crippen MR) is 103 cm³/mol. The number of nitrogens with zero attached hydrogens (tertiary/aromatic N) is 1. The first-order valence-electron chi connectivity index (χ1n) is 9.41. The largest absolute Gasteiger partial charge is 0.352 e. The Kier molecular flexibility index (Phi) is 6.42. The highest BCUT2D eigenvalue weighted by Gasteiger charge is 2.17. The van der Waals surface area contributed by atoms with Gasteiger partial charge in [0.2, 0.25) is 11.8 Å². The number of rotatable bonds is 6. The molecule has 0 radical (unpaired) electrons. The summed E-state index contributed by atoms with van der Waals surface area (Å²) >= 11 is 0. The Bertz CT molecular complexity index is 726. The lowest BCUT2D eigenvalue weighted by Crippen LogP contribution is -2.34. The molecule has 4 heteroatoms. The summed E-state index contributed by atoms with van der Waals surface area (Å²) < 4.78 is 0. The van der Waals surface area contributed by atoms with E-state index in [1.165, 1.54) is 11.1 Å².